The number of carboxylic acid groups (broad SMARTS) is 1. The summed E-state index contributed by atoms with van der Waals surface area (Å²) >= 11 is 6.21. The molecule has 8 nitrogen and oxygen atoms in total. The fourth-order valence-electron chi connectivity index (χ4n) is 4.21. The van der Waals surface area contributed by atoms with Crippen LogP contribution in [0.3, 0.4) is 0 Å². The molecule has 4 heterocycles. The van der Waals surface area contributed by atoms with Crippen LogP contribution < -0.4 is 4.90 Å². The summed E-state index contributed by atoms with van der Waals surface area (Å²) in [5, 5.41) is 19.3. The van der Waals surface area contributed by atoms with Gasteiger partial charge in [-0.2, -0.15) is 0 Å². The zero-order valence-electron chi connectivity index (χ0n) is 15.7. The maximum Gasteiger partial charge on any atom is 0.307 e. The van der Waals surface area contributed by atoms with E-state index in [4.69, 9.17) is 11.6 Å². The second kappa shape index (κ2) is 6.81. The number of halogens is 1. The van der Waals surface area contributed by atoms with Crippen LogP contribution in [-0.2, 0) is 11.2 Å². The highest BCUT2D eigenvalue weighted by Crippen LogP contribution is 2.39. The minimum absolute atomic E-state index is 0.164. The number of aromatic nitrogens is 5. The summed E-state index contributed by atoms with van der Waals surface area (Å²) in [5.41, 5.74) is 1.81. The highest BCUT2D eigenvalue weighted by Gasteiger charge is 2.39. The molecule has 0 radical (unpaired) electrons. The number of hydrogen-bond acceptors (Lipinski definition) is 6. The monoisotopic (exact) mass is 410 g/mol. The molecule has 1 aromatic carbocycles. The van der Waals surface area contributed by atoms with Gasteiger partial charge in [-0.1, -0.05) is 18.5 Å². The molecule has 2 atom stereocenters. The minimum atomic E-state index is -0.836. The predicted octanol–water partition coefficient (Wildman–Crippen LogP) is 2.67. The average Bonchev–Trinajstić information content (AvgIpc) is 3.04. The van der Waals surface area contributed by atoms with Crippen molar-refractivity contribution in [2.45, 2.75) is 25.2 Å². The van der Waals surface area contributed by atoms with E-state index >= 15 is 0 Å². The van der Waals surface area contributed by atoms with E-state index in [1.165, 1.54) is 0 Å². The molecule has 2 unspecified atom stereocenters. The van der Waals surface area contributed by atoms with Crippen molar-refractivity contribution < 1.29 is 9.90 Å². The van der Waals surface area contributed by atoms with Gasteiger partial charge in [0, 0.05) is 36.4 Å². The summed E-state index contributed by atoms with van der Waals surface area (Å²) < 4.78 is 2.03. The van der Waals surface area contributed by atoms with E-state index in [0.29, 0.717) is 23.2 Å². The Morgan fingerprint density at radius 1 is 1.17 bits per heavy atom. The lowest BCUT2D eigenvalue weighted by molar-refractivity contribution is -0.142. The van der Waals surface area contributed by atoms with Gasteiger partial charge in [0.1, 0.15) is 11.6 Å². The molecule has 5 rings (SSSR count). The molecule has 3 aromatic rings. The summed E-state index contributed by atoms with van der Waals surface area (Å²) in [7, 11) is 0. The van der Waals surface area contributed by atoms with Gasteiger partial charge in [-0.15, -0.1) is 10.2 Å². The molecule has 1 saturated heterocycles. The quantitative estimate of drug-likeness (QED) is 0.708. The van der Waals surface area contributed by atoms with Crippen LogP contribution in [0.5, 0.6) is 0 Å². The predicted molar refractivity (Wildman–Crippen MR) is 107 cm³/mol. The van der Waals surface area contributed by atoms with Crippen LogP contribution in [0.1, 0.15) is 36.0 Å². The molecule has 0 bridgehead atoms. The molecule has 0 aliphatic carbocycles. The number of carboxylic acids is 1. The third kappa shape index (κ3) is 2.95. The van der Waals surface area contributed by atoms with Gasteiger partial charge in [0.25, 0.3) is 0 Å². The lowest BCUT2D eigenvalue weighted by atomic mass is 9.88. The maximum absolute atomic E-state index is 11.9. The Morgan fingerprint density at radius 2 is 1.90 bits per heavy atom. The first kappa shape index (κ1) is 18.1. The number of aliphatic carboxylic acids is 1. The second-order valence-corrected chi connectivity index (χ2v) is 8.05. The standard InChI is InChI=1S/C20H19ClN6O2/c1-11-15(19(28)29)8-12-7-14(21)3-4-16(12)27-17(11)24-25-18(27)13-9-26(10-13)20-22-5-2-6-23-20/h2-7,11,13,15H,8-10H2,1H3,(H,28,29). The molecule has 0 amide bonds. The molecule has 2 aliphatic rings. The van der Waals surface area contributed by atoms with E-state index in [1.54, 1.807) is 18.5 Å². The van der Waals surface area contributed by atoms with Crippen LogP contribution in [0.4, 0.5) is 5.95 Å². The first-order chi connectivity index (χ1) is 14.0. The second-order valence-electron chi connectivity index (χ2n) is 7.61. The van der Waals surface area contributed by atoms with Crippen LogP contribution in [0.2, 0.25) is 5.02 Å². The van der Waals surface area contributed by atoms with Crippen molar-refractivity contribution in [3.63, 3.8) is 0 Å². The van der Waals surface area contributed by atoms with Gasteiger partial charge in [-0.3, -0.25) is 9.36 Å². The molecule has 0 saturated carbocycles. The Hall–Kier alpha value is -3.00. The average molecular weight is 411 g/mol. The summed E-state index contributed by atoms with van der Waals surface area (Å²) in [4.78, 5) is 22.6. The Balaban J connectivity index is 1.55. The van der Waals surface area contributed by atoms with Crippen molar-refractivity contribution in [3.8, 4) is 5.69 Å². The molecule has 2 aliphatic heterocycles. The summed E-state index contributed by atoms with van der Waals surface area (Å²) in [6.45, 7) is 3.38. The molecule has 148 valence electrons. The zero-order chi connectivity index (χ0) is 20.1. The van der Waals surface area contributed by atoms with E-state index < -0.39 is 11.9 Å². The molecule has 1 fully saturated rings. The van der Waals surface area contributed by atoms with Gasteiger partial charge in [0.05, 0.1) is 17.5 Å². The van der Waals surface area contributed by atoms with Gasteiger partial charge >= 0.3 is 5.97 Å². The smallest absolute Gasteiger partial charge is 0.307 e. The van der Waals surface area contributed by atoms with Crippen molar-refractivity contribution >= 4 is 23.5 Å². The van der Waals surface area contributed by atoms with Crippen LogP contribution in [0.15, 0.2) is 36.7 Å². The van der Waals surface area contributed by atoms with Crippen molar-refractivity contribution in [2.24, 2.45) is 5.92 Å². The molecular formula is C20H19ClN6O2. The first-order valence-electron chi connectivity index (χ1n) is 9.51. The van der Waals surface area contributed by atoms with E-state index in [2.05, 4.69) is 25.1 Å². The number of fused-ring (bicyclic) bond motifs is 3. The lowest BCUT2D eigenvalue weighted by Crippen LogP contribution is -2.47. The lowest BCUT2D eigenvalue weighted by Gasteiger charge is -2.38. The molecule has 9 heteroatoms. The molecular weight excluding hydrogens is 392 g/mol. The molecule has 2 aromatic heterocycles. The van der Waals surface area contributed by atoms with Crippen LogP contribution >= 0.6 is 11.6 Å². The SMILES string of the molecule is CC1c2nnc(C3CN(c4ncccn4)C3)n2-c2ccc(Cl)cc2CC1C(=O)O. The fourth-order valence-corrected chi connectivity index (χ4v) is 4.40. The highest BCUT2D eigenvalue weighted by molar-refractivity contribution is 6.30. The number of rotatable bonds is 3. The normalized spacial score (nSPS) is 21.1. The third-order valence-electron chi connectivity index (χ3n) is 5.85. The third-order valence-corrected chi connectivity index (χ3v) is 6.08. The van der Waals surface area contributed by atoms with Crippen molar-refractivity contribution in [3.05, 3.63) is 58.9 Å². The number of benzene rings is 1. The molecule has 1 N–H and O–H groups in total. The minimum Gasteiger partial charge on any atom is -0.481 e. The highest BCUT2D eigenvalue weighted by atomic mass is 35.5. The number of nitrogens with zero attached hydrogens (tertiary/aromatic N) is 6. The van der Waals surface area contributed by atoms with Crippen LogP contribution in [0, 0.1) is 5.92 Å². The van der Waals surface area contributed by atoms with Crippen LogP contribution in [-0.4, -0.2) is 48.9 Å². The maximum atomic E-state index is 11.9. The number of hydrogen-bond donors (Lipinski definition) is 1. The molecule has 29 heavy (non-hydrogen) atoms. The Bertz CT molecular complexity index is 1080. The Morgan fingerprint density at radius 3 is 2.62 bits per heavy atom. The van der Waals surface area contributed by atoms with Gasteiger partial charge in [0.2, 0.25) is 5.95 Å². The van der Waals surface area contributed by atoms with Crippen LogP contribution in [0.25, 0.3) is 5.69 Å². The van der Waals surface area contributed by atoms with Gasteiger partial charge in [0.15, 0.2) is 0 Å². The summed E-state index contributed by atoms with van der Waals surface area (Å²) in [6, 6.07) is 7.40. The van der Waals surface area contributed by atoms with E-state index in [9.17, 15) is 9.90 Å². The van der Waals surface area contributed by atoms with Crippen molar-refractivity contribution in [1.29, 1.82) is 0 Å². The molecule has 0 spiro atoms. The van der Waals surface area contributed by atoms with Gasteiger partial charge in [-0.25, -0.2) is 9.97 Å². The van der Waals surface area contributed by atoms with E-state index in [-0.39, 0.29) is 11.8 Å². The Kier molecular flexibility index (Phi) is 4.24. The summed E-state index contributed by atoms with van der Waals surface area (Å²) in [6.07, 6.45) is 3.86. The van der Waals surface area contributed by atoms with E-state index in [0.717, 1.165) is 30.2 Å². The van der Waals surface area contributed by atoms with Gasteiger partial charge < -0.3 is 10.0 Å². The summed E-state index contributed by atoms with van der Waals surface area (Å²) in [5.74, 6) is 0.701. The first-order valence-corrected chi connectivity index (χ1v) is 9.89. The van der Waals surface area contributed by atoms with Gasteiger partial charge in [-0.05, 0) is 36.2 Å². The largest absolute Gasteiger partial charge is 0.481 e. The number of anilines is 1. The zero-order valence-corrected chi connectivity index (χ0v) is 16.5. The fraction of sp³-hybridized carbons (Fsp3) is 0.350. The van der Waals surface area contributed by atoms with Crippen molar-refractivity contribution in [2.75, 3.05) is 18.0 Å². The van der Waals surface area contributed by atoms with E-state index in [1.807, 2.05) is 29.7 Å². The Labute approximate surface area is 172 Å². The number of carbonyl (C=O) groups is 1. The van der Waals surface area contributed by atoms with Crippen molar-refractivity contribution in [1.82, 2.24) is 24.7 Å². The topological polar surface area (TPSA) is 97.0 Å².